The molecule has 0 atom stereocenters. The maximum Gasteiger partial charge on any atom is 0.227 e. The van der Waals surface area contributed by atoms with E-state index >= 15 is 0 Å². The summed E-state index contributed by atoms with van der Waals surface area (Å²) >= 11 is 3.36. The maximum absolute atomic E-state index is 12.2. The summed E-state index contributed by atoms with van der Waals surface area (Å²) in [6.45, 7) is 1.87. The summed E-state index contributed by atoms with van der Waals surface area (Å²) in [5, 5.41) is 0.769. The molecule has 0 unspecified atom stereocenters. The molecule has 0 aliphatic rings. The predicted octanol–water partition coefficient (Wildman–Crippen LogP) is 2.11. The zero-order valence-corrected chi connectivity index (χ0v) is 13.0. The van der Waals surface area contributed by atoms with Crippen LogP contribution in [0.15, 0.2) is 24.3 Å². The molecule has 0 heterocycles. The molecule has 19 heavy (non-hydrogen) atoms. The van der Waals surface area contributed by atoms with Gasteiger partial charge in [0.05, 0.1) is 20.1 Å². The first kappa shape index (κ1) is 16.0. The minimum Gasteiger partial charge on any atom is -0.497 e. The third-order valence-corrected chi connectivity index (χ3v) is 3.14. The second-order valence-electron chi connectivity index (χ2n) is 4.09. The van der Waals surface area contributed by atoms with E-state index in [1.165, 1.54) is 0 Å². The van der Waals surface area contributed by atoms with Gasteiger partial charge >= 0.3 is 0 Å². The molecule has 1 amide bonds. The Kier molecular flexibility index (Phi) is 7.52. The van der Waals surface area contributed by atoms with Crippen LogP contribution in [-0.2, 0) is 16.0 Å². The second-order valence-corrected chi connectivity index (χ2v) is 4.88. The first-order chi connectivity index (χ1) is 9.21. The lowest BCUT2D eigenvalue weighted by atomic mass is 10.1. The molecule has 1 rings (SSSR count). The van der Waals surface area contributed by atoms with Gasteiger partial charge in [-0.15, -0.1) is 0 Å². The van der Waals surface area contributed by atoms with E-state index in [0.29, 0.717) is 26.1 Å². The number of halogens is 1. The number of benzene rings is 1. The quantitative estimate of drug-likeness (QED) is 0.686. The second kappa shape index (κ2) is 8.93. The van der Waals surface area contributed by atoms with Gasteiger partial charge in [0.2, 0.25) is 5.91 Å². The van der Waals surface area contributed by atoms with Crippen LogP contribution in [0.25, 0.3) is 0 Å². The fourth-order valence-corrected chi connectivity index (χ4v) is 2.12. The third kappa shape index (κ3) is 5.61. The van der Waals surface area contributed by atoms with E-state index in [0.717, 1.165) is 16.6 Å². The van der Waals surface area contributed by atoms with E-state index in [4.69, 9.17) is 9.47 Å². The van der Waals surface area contributed by atoms with Crippen molar-refractivity contribution < 1.29 is 14.3 Å². The largest absolute Gasteiger partial charge is 0.497 e. The smallest absolute Gasteiger partial charge is 0.227 e. The Hall–Kier alpha value is -1.07. The van der Waals surface area contributed by atoms with Crippen LogP contribution >= 0.6 is 15.9 Å². The summed E-state index contributed by atoms with van der Waals surface area (Å²) in [6, 6.07) is 7.57. The van der Waals surface area contributed by atoms with Crippen LogP contribution in [0.1, 0.15) is 5.56 Å². The zero-order valence-electron chi connectivity index (χ0n) is 11.4. The van der Waals surface area contributed by atoms with Crippen molar-refractivity contribution in [3.8, 4) is 5.75 Å². The first-order valence-electron chi connectivity index (χ1n) is 6.17. The fraction of sp³-hybridized carbons (Fsp3) is 0.500. The number of alkyl halides is 1. The number of nitrogens with zero attached hydrogens (tertiary/aromatic N) is 1. The number of hydrogen-bond acceptors (Lipinski definition) is 3. The van der Waals surface area contributed by atoms with E-state index < -0.39 is 0 Å². The molecule has 0 N–H and O–H groups in total. The van der Waals surface area contributed by atoms with Crippen LogP contribution in [0.4, 0.5) is 0 Å². The fourth-order valence-electron chi connectivity index (χ4n) is 1.69. The minimum absolute atomic E-state index is 0.113. The first-order valence-corrected chi connectivity index (χ1v) is 7.29. The van der Waals surface area contributed by atoms with Crippen molar-refractivity contribution in [2.24, 2.45) is 0 Å². The number of ether oxygens (including phenoxy) is 2. The lowest BCUT2D eigenvalue weighted by molar-refractivity contribution is -0.130. The molecule has 106 valence electrons. The van der Waals surface area contributed by atoms with Crippen molar-refractivity contribution in [3.63, 3.8) is 0 Å². The van der Waals surface area contributed by atoms with Gasteiger partial charge in [-0.05, 0) is 17.7 Å². The van der Waals surface area contributed by atoms with Crippen LogP contribution < -0.4 is 4.74 Å². The molecule has 1 aromatic carbocycles. The van der Waals surface area contributed by atoms with Crippen molar-refractivity contribution in [2.75, 3.05) is 39.2 Å². The van der Waals surface area contributed by atoms with Gasteiger partial charge in [-0.3, -0.25) is 4.79 Å². The number of carbonyl (C=O) groups is 1. The van der Waals surface area contributed by atoms with Gasteiger partial charge in [0, 0.05) is 25.5 Å². The van der Waals surface area contributed by atoms with Crippen molar-refractivity contribution in [1.29, 1.82) is 0 Å². The molecule has 0 spiro atoms. The lowest BCUT2D eigenvalue weighted by Gasteiger charge is -2.21. The van der Waals surface area contributed by atoms with Crippen LogP contribution in [0, 0.1) is 0 Å². The predicted molar refractivity (Wildman–Crippen MR) is 78.9 cm³/mol. The highest BCUT2D eigenvalue weighted by Gasteiger charge is 2.13. The standard InChI is InChI=1S/C14H20BrNO3/c1-18-10-9-16(8-7-15)14(17)11-12-3-5-13(19-2)6-4-12/h3-6H,7-11H2,1-2H3. The van der Waals surface area contributed by atoms with Gasteiger partial charge in [0.15, 0.2) is 0 Å². The molecule has 0 radical (unpaired) electrons. The average Bonchev–Trinajstić information content (AvgIpc) is 2.44. The van der Waals surface area contributed by atoms with Crippen molar-refractivity contribution in [2.45, 2.75) is 6.42 Å². The molecule has 5 heteroatoms. The van der Waals surface area contributed by atoms with Crippen molar-refractivity contribution >= 4 is 21.8 Å². The Bertz CT molecular complexity index is 381. The van der Waals surface area contributed by atoms with E-state index in [2.05, 4.69) is 15.9 Å². The number of amides is 1. The molecule has 0 saturated carbocycles. The van der Waals surface area contributed by atoms with E-state index in [9.17, 15) is 4.79 Å². The summed E-state index contributed by atoms with van der Waals surface area (Å²) in [5.74, 6) is 0.912. The Morgan fingerprint density at radius 2 is 1.89 bits per heavy atom. The Morgan fingerprint density at radius 3 is 2.42 bits per heavy atom. The summed E-state index contributed by atoms with van der Waals surface area (Å²) in [6.07, 6.45) is 0.403. The maximum atomic E-state index is 12.2. The summed E-state index contributed by atoms with van der Waals surface area (Å²) in [4.78, 5) is 14.0. The number of carbonyl (C=O) groups excluding carboxylic acids is 1. The average molecular weight is 330 g/mol. The normalized spacial score (nSPS) is 10.3. The Labute approximate surface area is 122 Å². The highest BCUT2D eigenvalue weighted by Crippen LogP contribution is 2.12. The Balaban J connectivity index is 2.58. The molecular formula is C14H20BrNO3. The lowest BCUT2D eigenvalue weighted by Crippen LogP contribution is -2.36. The highest BCUT2D eigenvalue weighted by atomic mass is 79.9. The van der Waals surface area contributed by atoms with Gasteiger partial charge in [0.1, 0.15) is 5.75 Å². The summed E-state index contributed by atoms with van der Waals surface area (Å²) in [7, 11) is 3.27. The monoisotopic (exact) mass is 329 g/mol. The minimum atomic E-state index is 0.113. The molecule has 0 aliphatic carbocycles. The van der Waals surface area contributed by atoms with E-state index in [-0.39, 0.29) is 5.91 Å². The molecule has 0 aromatic heterocycles. The van der Waals surface area contributed by atoms with Gasteiger partial charge in [-0.2, -0.15) is 0 Å². The topological polar surface area (TPSA) is 38.8 Å². The summed E-state index contributed by atoms with van der Waals surface area (Å²) < 4.78 is 10.1. The van der Waals surface area contributed by atoms with Gasteiger partial charge in [-0.1, -0.05) is 28.1 Å². The molecule has 0 fully saturated rings. The third-order valence-electron chi connectivity index (χ3n) is 2.79. The highest BCUT2D eigenvalue weighted by molar-refractivity contribution is 9.09. The SMILES string of the molecule is COCCN(CCBr)C(=O)Cc1ccc(OC)cc1. The molecule has 0 aliphatic heterocycles. The zero-order chi connectivity index (χ0) is 14.1. The van der Waals surface area contributed by atoms with Gasteiger partial charge in [-0.25, -0.2) is 0 Å². The van der Waals surface area contributed by atoms with Crippen LogP contribution in [0.3, 0.4) is 0 Å². The number of hydrogen-bond donors (Lipinski definition) is 0. The van der Waals surface area contributed by atoms with E-state index in [1.54, 1.807) is 14.2 Å². The van der Waals surface area contributed by atoms with Gasteiger partial charge in [0.25, 0.3) is 0 Å². The Morgan fingerprint density at radius 1 is 1.21 bits per heavy atom. The molecule has 0 saturated heterocycles. The number of methoxy groups -OCH3 is 2. The van der Waals surface area contributed by atoms with Crippen LogP contribution in [0.5, 0.6) is 5.75 Å². The molecular weight excluding hydrogens is 310 g/mol. The van der Waals surface area contributed by atoms with E-state index in [1.807, 2.05) is 29.2 Å². The van der Waals surface area contributed by atoms with Crippen LogP contribution in [-0.4, -0.2) is 50.1 Å². The summed E-state index contributed by atoms with van der Waals surface area (Å²) in [5.41, 5.74) is 0.989. The van der Waals surface area contributed by atoms with Crippen molar-refractivity contribution in [1.82, 2.24) is 4.90 Å². The van der Waals surface area contributed by atoms with Crippen molar-refractivity contribution in [3.05, 3.63) is 29.8 Å². The van der Waals surface area contributed by atoms with Crippen LogP contribution in [0.2, 0.25) is 0 Å². The molecule has 0 bridgehead atoms. The number of rotatable bonds is 8. The molecule has 1 aromatic rings. The van der Waals surface area contributed by atoms with Gasteiger partial charge < -0.3 is 14.4 Å². The molecule has 4 nitrogen and oxygen atoms in total.